The highest BCUT2D eigenvalue weighted by Crippen LogP contribution is 2.46. The number of methoxy groups -OCH3 is 1. The van der Waals surface area contributed by atoms with E-state index in [1.807, 2.05) is 19.1 Å². The first-order chi connectivity index (χ1) is 19.9. The quantitative estimate of drug-likeness (QED) is 0.298. The SMILES string of the molecule is COC(=O)[C@@H]1C(C)[C@@H](F)CN1C(=O)c1cc(C2CC2)c(OCC2(F)CCN(C(C)c3cc(Cl)cc(Cl)c3)CC2)cc1F. The zero-order chi connectivity index (χ0) is 30.3. The van der Waals surface area contributed by atoms with Gasteiger partial charge in [0.25, 0.3) is 5.91 Å². The molecule has 11 heteroatoms. The summed E-state index contributed by atoms with van der Waals surface area (Å²) in [6, 6.07) is 6.77. The highest BCUT2D eigenvalue weighted by molar-refractivity contribution is 6.34. The monoisotopic (exact) mass is 626 g/mol. The summed E-state index contributed by atoms with van der Waals surface area (Å²) in [6.45, 7) is 3.96. The van der Waals surface area contributed by atoms with Gasteiger partial charge in [0.15, 0.2) is 0 Å². The fraction of sp³-hybridized carbons (Fsp3) is 0.548. The third-order valence-corrected chi connectivity index (χ3v) is 9.36. The van der Waals surface area contributed by atoms with Crippen molar-refractivity contribution in [3.05, 3.63) is 62.9 Å². The minimum absolute atomic E-state index is 0.00244. The average Bonchev–Trinajstić information content (AvgIpc) is 3.75. The molecule has 1 saturated carbocycles. The van der Waals surface area contributed by atoms with Gasteiger partial charge in [-0.1, -0.05) is 30.1 Å². The molecule has 2 aromatic rings. The third kappa shape index (κ3) is 6.38. The molecular formula is C31H35Cl2F3N2O4. The Kier molecular flexibility index (Phi) is 9.03. The van der Waals surface area contributed by atoms with Gasteiger partial charge in [0.1, 0.15) is 36.1 Å². The topological polar surface area (TPSA) is 59.1 Å². The van der Waals surface area contributed by atoms with E-state index in [9.17, 15) is 14.0 Å². The summed E-state index contributed by atoms with van der Waals surface area (Å²) in [5, 5.41) is 1.09. The van der Waals surface area contributed by atoms with Crippen molar-refractivity contribution in [2.75, 3.05) is 33.4 Å². The lowest BCUT2D eigenvalue weighted by Gasteiger charge is -2.39. The minimum atomic E-state index is -1.61. The van der Waals surface area contributed by atoms with E-state index in [0.717, 1.165) is 29.4 Å². The Bertz CT molecular complexity index is 1330. The molecule has 0 N–H and O–H groups in total. The first-order valence-electron chi connectivity index (χ1n) is 14.3. The van der Waals surface area contributed by atoms with Gasteiger partial charge >= 0.3 is 5.97 Å². The Hall–Kier alpha value is -2.49. The second-order valence-corrected chi connectivity index (χ2v) is 12.7. The van der Waals surface area contributed by atoms with Gasteiger partial charge in [-0.05, 0) is 73.9 Å². The molecular weight excluding hydrogens is 592 g/mol. The molecule has 2 aliphatic heterocycles. The van der Waals surface area contributed by atoms with Crippen LogP contribution in [-0.2, 0) is 9.53 Å². The van der Waals surface area contributed by atoms with Crippen molar-refractivity contribution >= 4 is 35.1 Å². The molecule has 3 fully saturated rings. The number of carbonyl (C=O) groups excluding carboxylic acids is 2. The van der Waals surface area contributed by atoms with Gasteiger partial charge in [0.05, 0.1) is 19.2 Å². The fourth-order valence-corrected chi connectivity index (χ4v) is 6.58. The van der Waals surface area contributed by atoms with Crippen molar-refractivity contribution in [2.45, 2.75) is 69.4 Å². The molecule has 2 saturated heterocycles. The van der Waals surface area contributed by atoms with Crippen LogP contribution in [0.4, 0.5) is 13.2 Å². The first-order valence-corrected chi connectivity index (χ1v) is 15.0. The predicted octanol–water partition coefficient (Wildman–Crippen LogP) is 6.93. The Morgan fingerprint density at radius 3 is 2.33 bits per heavy atom. The fourth-order valence-electron chi connectivity index (χ4n) is 6.04. The third-order valence-electron chi connectivity index (χ3n) is 8.92. The molecule has 1 aliphatic carbocycles. The molecule has 2 unspecified atom stereocenters. The van der Waals surface area contributed by atoms with Crippen molar-refractivity contribution in [1.82, 2.24) is 9.80 Å². The molecule has 2 aromatic carbocycles. The van der Waals surface area contributed by atoms with Gasteiger partial charge in [-0.15, -0.1) is 0 Å². The summed E-state index contributed by atoms with van der Waals surface area (Å²) in [5.74, 6) is -2.92. The maximum absolute atomic E-state index is 15.9. The van der Waals surface area contributed by atoms with Crippen LogP contribution in [0.3, 0.4) is 0 Å². The van der Waals surface area contributed by atoms with E-state index >= 15 is 8.78 Å². The van der Waals surface area contributed by atoms with Gasteiger partial charge in [-0.2, -0.15) is 0 Å². The summed E-state index contributed by atoms with van der Waals surface area (Å²) in [7, 11) is 1.17. The van der Waals surface area contributed by atoms with Crippen LogP contribution in [0.2, 0.25) is 10.0 Å². The molecule has 3 aliphatic rings. The maximum Gasteiger partial charge on any atom is 0.328 e. The van der Waals surface area contributed by atoms with E-state index in [1.54, 1.807) is 6.07 Å². The lowest BCUT2D eigenvalue weighted by Crippen LogP contribution is -2.45. The van der Waals surface area contributed by atoms with Gasteiger partial charge in [-0.25, -0.2) is 18.0 Å². The molecule has 0 bridgehead atoms. The Morgan fingerprint density at radius 1 is 1.10 bits per heavy atom. The van der Waals surface area contributed by atoms with E-state index in [4.69, 9.17) is 32.7 Å². The second-order valence-electron chi connectivity index (χ2n) is 11.8. The van der Waals surface area contributed by atoms with Crippen molar-refractivity contribution in [2.24, 2.45) is 5.92 Å². The summed E-state index contributed by atoms with van der Waals surface area (Å²) in [5.41, 5.74) is -0.301. The molecule has 5 rings (SSSR count). The molecule has 4 atom stereocenters. The van der Waals surface area contributed by atoms with Gasteiger partial charge in [0.2, 0.25) is 0 Å². The number of benzene rings is 2. The van der Waals surface area contributed by atoms with Crippen LogP contribution in [0.15, 0.2) is 30.3 Å². The van der Waals surface area contributed by atoms with E-state index in [1.165, 1.54) is 20.1 Å². The summed E-state index contributed by atoms with van der Waals surface area (Å²) in [4.78, 5) is 28.9. The number of piperidine rings is 1. The Morgan fingerprint density at radius 2 is 1.74 bits per heavy atom. The van der Waals surface area contributed by atoms with Crippen LogP contribution in [0, 0.1) is 11.7 Å². The molecule has 6 nitrogen and oxygen atoms in total. The van der Waals surface area contributed by atoms with Gasteiger partial charge < -0.3 is 14.4 Å². The number of ether oxygens (including phenoxy) is 2. The standard InChI is InChI=1S/C31H35Cl2F3N2O4/c1-17-26(35)15-38(28(17)30(40)41-3)29(39)24-13-23(19-4-5-19)27(14-25(24)34)42-16-31(36)6-8-37(9-7-31)18(2)20-10-21(32)12-22(33)11-20/h10-14,17-19,26,28H,4-9,15-16H2,1-3H3/t17?,18?,26-,28-/m0/s1. The molecule has 1 amide bonds. The molecule has 42 heavy (non-hydrogen) atoms. The lowest BCUT2D eigenvalue weighted by molar-refractivity contribution is -0.146. The van der Waals surface area contributed by atoms with Crippen molar-refractivity contribution in [3.8, 4) is 5.75 Å². The number of nitrogens with zero attached hydrogens (tertiary/aromatic N) is 2. The Balaban J connectivity index is 1.27. The summed E-state index contributed by atoms with van der Waals surface area (Å²) < 4.78 is 56.5. The zero-order valence-corrected chi connectivity index (χ0v) is 25.4. The number of hydrogen-bond donors (Lipinski definition) is 0. The number of amides is 1. The van der Waals surface area contributed by atoms with Crippen molar-refractivity contribution < 1.29 is 32.2 Å². The summed E-state index contributed by atoms with van der Waals surface area (Å²) >= 11 is 12.3. The minimum Gasteiger partial charge on any atom is -0.490 e. The number of hydrogen-bond acceptors (Lipinski definition) is 5. The number of esters is 1. The van der Waals surface area contributed by atoms with Crippen molar-refractivity contribution in [3.63, 3.8) is 0 Å². The maximum atomic E-state index is 15.9. The van der Waals surface area contributed by atoms with E-state index in [2.05, 4.69) is 4.90 Å². The van der Waals surface area contributed by atoms with E-state index < -0.39 is 41.5 Å². The number of alkyl halides is 2. The Labute approximate surface area is 254 Å². The number of halogens is 5. The average molecular weight is 628 g/mol. The van der Waals surface area contributed by atoms with Crippen LogP contribution in [0.25, 0.3) is 0 Å². The number of rotatable bonds is 8. The van der Waals surface area contributed by atoms with Crippen LogP contribution in [-0.4, -0.2) is 72.9 Å². The van der Waals surface area contributed by atoms with Crippen LogP contribution < -0.4 is 4.74 Å². The lowest BCUT2D eigenvalue weighted by atomic mass is 9.92. The number of carbonyl (C=O) groups is 2. The van der Waals surface area contributed by atoms with E-state index in [-0.39, 0.29) is 49.3 Å². The van der Waals surface area contributed by atoms with E-state index in [0.29, 0.717) is 28.7 Å². The number of likely N-dealkylation sites (tertiary alicyclic amines) is 2. The first kappa shape index (κ1) is 31.0. The van der Waals surface area contributed by atoms with Crippen LogP contribution in [0.1, 0.15) is 73.0 Å². The molecule has 0 aromatic heterocycles. The second kappa shape index (κ2) is 12.2. The zero-order valence-electron chi connectivity index (χ0n) is 23.8. The molecule has 0 spiro atoms. The van der Waals surface area contributed by atoms with Gasteiger partial charge in [0, 0.05) is 41.2 Å². The molecule has 0 radical (unpaired) electrons. The van der Waals surface area contributed by atoms with Crippen LogP contribution in [0.5, 0.6) is 5.75 Å². The molecule has 2 heterocycles. The van der Waals surface area contributed by atoms with Crippen molar-refractivity contribution in [1.29, 1.82) is 0 Å². The smallest absolute Gasteiger partial charge is 0.328 e. The summed E-state index contributed by atoms with van der Waals surface area (Å²) in [6.07, 6.45) is 0.681. The highest BCUT2D eigenvalue weighted by Gasteiger charge is 2.47. The molecule has 228 valence electrons. The van der Waals surface area contributed by atoms with Crippen LogP contribution >= 0.6 is 23.2 Å². The normalized spacial score (nSPS) is 24.9. The predicted molar refractivity (Wildman–Crippen MR) is 154 cm³/mol. The largest absolute Gasteiger partial charge is 0.490 e. The van der Waals surface area contributed by atoms with Gasteiger partial charge in [-0.3, -0.25) is 9.69 Å². The highest BCUT2D eigenvalue weighted by atomic mass is 35.5.